The average molecular weight is 465 g/mol. The van der Waals surface area contributed by atoms with E-state index in [1.54, 1.807) is 13.2 Å². The molecule has 2 N–H and O–H groups in total. The predicted molar refractivity (Wildman–Crippen MR) is 131 cm³/mol. The highest BCUT2D eigenvalue weighted by Gasteiger charge is 2.16. The lowest BCUT2D eigenvalue weighted by atomic mass is 10.00. The fraction of sp³-hybridized carbons (Fsp3) is 0.240. The minimum atomic E-state index is -1.03. The van der Waals surface area contributed by atoms with E-state index in [1.165, 1.54) is 6.33 Å². The minimum absolute atomic E-state index is 0.140. The Labute approximate surface area is 197 Å². The lowest BCUT2D eigenvalue weighted by Crippen LogP contribution is -2.12. The quantitative estimate of drug-likeness (QED) is 0.361. The van der Waals surface area contributed by atoms with Crippen LogP contribution in [0.2, 0.25) is 5.02 Å². The van der Waals surface area contributed by atoms with Crippen LogP contribution in [0, 0.1) is 6.92 Å². The summed E-state index contributed by atoms with van der Waals surface area (Å²) in [6, 6.07) is 13.5. The van der Waals surface area contributed by atoms with Gasteiger partial charge < -0.3 is 19.7 Å². The number of anilines is 1. The van der Waals surface area contributed by atoms with Crippen molar-refractivity contribution in [1.29, 1.82) is 0 Å². The number of aryl methyl sites for hydroxylation is 2. The molecule has 0 aliphatic carbocycles. The molecule has 0 unspecified atom stereocenters. The van der Waals surface area contributed by atoms with Crippen molar-refractivity contribution in [2.75, 3.05) is 19.0 Å². The van der Waals surface area contributed by atoms with E-state index in [9.17, 15) is 9.90 Å². The van der Waals surface area contributed by atoms with Gasteiger partial charge in [-0.15, -0.1) is 0 Å². The van der Waals surface area contributed by atoms with E-state index in [0.717, 1.165) is 34.5 Å². The molecule has 0 saturated carbocycles. The number of hydrogen-bond acceptors (Lipinski definition) is 5. The molecule has 2 aromatic carbocycles. The van der Waals surface area contributed by atoms with Crippen molar-refractivity contribution >= 4 is 34.3 Å². The third-order valence-electron chi connectivity index (χ3n) is 5.70. The number of methoxy groups -OCH3 is 1. The monoisotopic (exact) mass is 464 g/mol. The van der Waals surface area contributed by atoms with Crippen molar-refractivity contribution in [3.05, 3.63) is 70.6 Å². The molecule has 0 aliphatic heterocycles. The van der Waals surface area contributed by atoms with Crippen LogP contribution in [-0.4, -0.2) is 39.3 Å². The normalized spacial score (nSPS) is 11.0. The van der Waals surface area contributed by atoms with Gasteiger partial charge in [0.15, 0.2) is 0 Å². The third kappa shape index (κ3) is 4.50. The Kier molecular flexibility index (Phi) is 6.51. The summed E-state index contributed by atoms with van der Waals surface area (Å²) in [5, 5.41) is 14.1. The molecule has 0 fully saturated rings. The zero-order valence-corrected chi connectivity index (χ0v) is 19.5. The molecular formula is C25H25ClN4O3. The van der Waals surface area contributed by atoms with Crippen LogP contribution in [0.1, 0.15) is 28.5 Å². The molecule has 8 heteroatoms. The molecule has 2 heterocycles. The van der Waals surface area contributed by atoms with E-state index in [-0.39, 0.29) is 10.6 Å². The second-order valence-corrected chi connectivity index (χ2v) is 8.10. The molecule has 0 atom stereocenters. The molecule has 7 nitrogen and oxygen atoms in total. The maximum absolute atomic E-state index is 11.5. The second kappa shape index (κ2) is 9.50. The number of nitrogens with one attached hydrogen (secondary N) is 1. The van der Waals surface area contributed by atoms with Crippen molar-refractivity contribution in [3.63, 3.8) is 0 Å². The smallest absolute Gasteiger partial charge is 0.337 e. The standard InChI is InChI=1S/C25H25ClN4O3/c1-4-16-11-17(12-19(26)24(16)25(31)32)20-13-23(29-14-28-20)27-8-9-30-15(2)10-18-21(30)6-5-7-22(18)33-3/h5-7,10-14H,4,8-9H2,1-3H3,(H,31,32)(H,27,28,29). The molecule has 0 bridgehead atoms. The number of aromatic carboxylic acids is 1. The summed E-state index contributed by atoms with van der Waals surface area (Å²) in [5.41, 5.74) is 4.52. The Balaban J connectivity index is 1.53. The number of carbonyl (C=O) groups is 1. The number of nitrogens with zero attached hydrogens (tertiary/aromatic N) is 3. The van der Waals surface area contributed by atoms with Gasteiger partial charge in [-0.3, -0.25) is 0 Å². The van der Waals surface area contributed by atoms with Crippen molar-refractivity contribution in [2.24, 2.45) is 0 Å². The molecular weight excluding hydrogens is 440 g/mol. The maximum Gasteiger partial charge on any atom is 0.337 e. The summed E-state index contributed by atoms with van der Waals surface area (Å²) in [4.78, 5) is 20.2. The molecule has 0 spiro atoms. The van der Waals surface area contributed by atoms with Gasteiger partial charge >= 0.3 is 5.97 Å². The molecule has 4 rings (SSSR count). The van der Waals surface area contributed by atoms with Gasteiger partial charge in [0.25, 0.3) is 0 Å². The first-order valence-corrected chi connectivity index (χ1v) is 11.1. The van der Waals surface area contributed by atoms with Crippen molar-refractivity contribution in [3.8, 4) is 17.0 Å². The molecule has 0 saturated heterocycles. The van der Waals surface area contributed by atoms with Gasteiger partial charge in [0.2, 0.25) is 0 Å². The van der Waals surface area contributed by atoms with Gasteiger partial charge in [-0.2, -0.15) is 0 Å². The van der Waals surface area contributed by atoms with Crippen LogP contribution in [0.15, 0.2) is 48.8 Å². The predicted octanol–water partition coefficient (Wildman–Crippen LogP) is 5.44. The van der Waals surface area contributed by atoms with Gasteiger partial charge in [0.05, 0.1) is 28.9 Å². The van der Waals surface area contributed by atoms with Crippen LogP contribution < -0.4 is 10.1 Å². The highest BCUT2D eigenvalue weighted by Crippen LogP contribution is 2.30. The van der Waals surface area contributed by atoms with Gasteiger partial charge in [0, 0.05) is 35.8 Å². The maximum atomic E-state index is 11.5. The van der Waals surface area contributed by atoms with Crippen molar-refractivity contribution in [1.82, 2.24) is 14.5 Å². The molecule has 4 aromatic rings. The number of benzene rings is 2. The average Bonchev–Trinajstić information content (AvgIpc) is 3.13. The summed E-state index contributed by atoms with van der Waals surface area (Å²) in [6.07, 6.45) is 2.05. The first kappa shape index (κ1) is 22.6. The van der Waals surface area contributed by atoms with Crippen molar-refractivity contribution < 1.29 is 14.6 Å². The van der Waals surface area contributed by atoms with E-state index in [2.05, 4.69) is 38.9 Å². The SMILES string of the molecule is CCc1cc(-c2cc(NCCn3c(C)cc4c(OC)cccc43)ncn2)cc(Cl)c1C(=O)O. The van der Waals surface area contributed by atoms with Crippen LogP contribution in [0.4, 0.5) is 5.82 Å². The Hall–Kier alpha value is -3.58. The minimum Gasteiger partial charge on any atom is -0.496 e. The van der Waals surface area contributed by atoms with E-state index >= 15 is 0 Å². The van der Waals surface area contributed by atoms with E-state index in [1.807, 2.05) is 31.2 Å². The van der Waals surface area contributed by atoms with Crippen LogP contribution in [0.5, 0.6) is 5.75 Å². The summed E-state index contributed by atoms with van der Waals surface area (Å²) in [5.74, 6) is 0.517. The number of halogens is 1. The lowest BCUT2D eigenvalue weighted by molar-refractivity contribution is 0.0696. The Morgan fingerprint density at radius 3 is 2.76 bits per heavy atom. The Bertz CT molecular complexity index is 1330. The fourth-order valence-corrected chi connectivity index (χ4v) is 4.42. The molecule has 2 aromatic heterocycles. The van der Waals surface area contributed by atoms with Gasteiger partial charge in [-0.1, -0.05) is 24.6 Å². The largest absolute Gasteiger partial charge is 0.496 e. The van der Waals surface area contributed by atoms with E-state index < -0.39 is 5.97 Å². The van der Waals surface area contributed by atoms with Crippen LogP contribution in [0.25, 0.3) is 22.2 Å². The summed E-state index contributed by atoms with van der Waals surface area (Å²) < 4.78 is 7.72. The fourth-order valence-electron chi connectivity index (χ4n) is 4.10. The van der Waals surface area contributed by atoms with Gasteiger partial charge in [0.1, 0.15) is 17.9 Å². The van der Waals surface area contributed by atoms with E-state index in [4.69, 9.17) is 16.3 Å². The summed E-state index contributed by atoms with van der Waals surface area (Å²) in [6.45, 7) is 5.40. The highest BCUT2D eigenvalue weighted by molar-refractivity contribution is 6.34. The zero-order chi connectivity index (χ0) is 23.5. The highest BCUT2D eigenvalue weighted by atomic mass is 35.5. The zero-order valence-electron chi connectivity index (χ0n) is 18.7. The number of hydrogen-bond donors (Lipinski definition) is 2. The summed E-state index contributed by atoms with van der Waals surface area (Å²) in [7, 11) is 1.68. The molecule has 0 amide bonds. The number of fused-ring (bicyclic) bond motifs is 1. The number of aromatic nitrogens is 3. The Morgan fingerprint density at radius 2 is 2.03 bits per heavy atom. The lowest BCUT2D eigenvalue weighted by Gasteiger charge is -2.12. The van der Waals surface area contributed by atoms with E-state index in [0.29, 0.717) is 30.0 Å². The first-order chi connectivity index (χ1) is 15.9. The second-order valence-electron chi connectivity index (χ2n) is 7.70. The van der Waals surface area contributed by atoms with Gasteiger partial charge in [-0.05, 0) is 49.2 Å². The molecule has 0 aliphatic rings. The van der Waals surface area contributed by atoms with Crippen LogP contribution in [-0.2, 0) is 13.0 Å². The number of ether oxygens (including phenoxy) is 1. The third-order valence-corrected chi connectivity index (χ3v) is 6.00. The Morgan fingerprint density at radius 1 is 1.21 bits per heavy atom. The number of carboxylic acid groups (broad SMARTS) is 1. The summed E-state index contributed by atoms with van der Waals surface area (Å²) >= 11 is 6.27. The van der Waals surface area contributed by atoms with Crippen molar-refractivity contribution in [2.45, 2.75) is 26.8 Å². The molecule has 33 heavy (non-hydrogen) atoms. The first-order valence-electron chi connectivity index (χ1n) is 10.7. The molecule has 170 valence electrons. The van der Waals surface area contributed by atoms with Crippen LogP contribution >= 0.6 is 11.6 Å². The topological polar surface area (TPSA) is 89.3 Å². The van der Waals surface area contributed by atoms with Gasteiger partial charge in [-0.25, -0.2) is 14.8 Å². The number of carboxylic acids is 1. The number of rotatable bonds is 8. The molecule has 0 radical (unpaired) electrons. The van der Waals surface area contributed by atoms with Crippen LogP contribution in [0.3, 0.4) is 0 Å².